The summed E-state index contributed by atoms with van der Waals surface area (Å²) < 4.78 is 1.41. The van der Waals surface area contributed by atoms with Gasteiger partial charge in [0.05, 0.1) is 11.7 Å². The summed E-state index contributed by atoms with van der Waals surface area (Å²) in [6, 6.07) is 7.24. The Hall–Kier alpha value is -2.47. The number of hydrogen-bond acceptors (Lipinski definition) is 4. The lowest BCUT2D eigenvalue weighted by Crippen LogP contribution is -2.32. The number of nitrogens with one attached hydrogen (secondary N) is 1. The van der Waals surface area contributed by atoms with Gasteiger partial charge in [0.1, 0.15) is 10.9 Å². The predicted molar refractivity (Wildman–Crippen MR) is 107 cm³/mol. The van der Waals surface area contributed by atoms with Crippen LogP contribution in [0.4, 0.5) is 5.69 Å². The van der Waals surface area contributed by atoms with Gasteiger partial charge in [-0.3, -0.25) is 14.2 Å². The van der Waals surface area contributed by atoms with Gasteiger partial charge in [-0.2, -0.15) is 0 Å². The van der Waals surface area contributed by atoms with E-state index in [0.29, 0.717) is 10.2 Å². The molecule has 136 valence electrons. The van der Waals surface area contributed by atoms with Gasteiger partial charge in [-0.05, 0) is 43.9 Å². The number of carbonyl (C=O) groups is 1. The van der Waals surface area contributed by atoms with E-state index in [1.54, 1.807) is 6.92 Å². The van der Waals surface area contributed by atoms with Gasteiger partial charge in [0.25, 0.3) is 5.56 Å². The number of carbonyl (C=O) groups excluding carboxylic acids is 1. The van der Waals surface area contributed by atoms with Crippen LogP contribution in [-0.4, -0.2) is 15.5 Å². The van der Waals surface area contributed by atoms with Gasteiger partial charge in [-0.25, -0.2) is 4.98 Å². The van der Waals surface area contributed by atoms with Crippen LogP contribution in [-0.2, 0) is 17.6 Å². The molecule has 1 atom stereocenters. The number of aryl methyl sites for hydroxylation is 3. The lowest BCUT2D eigenvalue weighted by molar-refractivity contribution is -0.118. The molecule has 1 N–H and O–H groups in total. The van der Waals surface area contributed by atoms with Crippen LogP contribution >= 0.6 is 11.3 Å². The highest BCUT2D eigenvalue weighted by Crippen LogP contribution is 2.24. The number of aromatic nitrogens is 2. The zero-order valence-electron chi connectivity index (χ0n) is 15.5. The van der Waals surface area contributed by atoms with E-state index in [1.807, 2.05) is 31.2 Å². The molecule has 0 aliphatic heterocycles. The molecule has 1 aromatic carbocycles. The fourth-order valence-corrected chi connectivity index (χ4v) is 3.93. The molecule has 0 aliphatic carbocycles. The first-order valence-electron chi connectivity index (χ1n) is 8.85. The summed E-state index contributed by atoms with van der Waals surface area (Å²) in [5.74, 6) is -0.212. The highest BCUT2D eigenvalue weighted by molar-refractivity contribution is 7.18. The summed E-state index contributed by atoms with van der Waals surface area (Å²) in [4.78, 5) is 31.7. The second-order valence-electron chi connectivity index (χ2n) is 6.36. The van der Waals surface area contributed by atoms with Crippen LogP contribution in [0, 0.1) is 6.92 Å². The molecule has 0 spiro atoms. The van der Waals surface area contributed by atoms with Crippen molar-refractivity contribution in [1.82, 2.24) is 9.55 Å². The van der Waals surface area contributed by atoms with E-state index < -0.39 is 6.04 Å². The number of thiophene rings is 1. The van der Waals surface area contributed by atoms with Gasteiger partial charge in [0.2, 0.25) is 5.91 Å². The van der Waals surface area contributed by atoms with Crippen LogP contribution in [0.1, 0.15) is 42.8 Å². The van der Waals surface area contributed by atoms with Crippen LogP contribution in [0.2, 0.25) is 0 Å². The number of rotatable bonds is 5. The van der Waals surface area contributed by atoms with E-state index >= 15 is 0 Å². The second kappa shape index (κ2) is 7.41. The summed E-state index contributed by atoms with van der Waals surface area (Å²) in [5.41, 5.74) is 2.88. The molecule has 2 aromatic heterocycles. The fraction of sp³-hybridized carbons (Fsp3) is 0.350. The Morgan fingerprint density at radius 2 is 1.92 bits per heavy atom. The molecule has 0 saturated carbocycles. The molecule has 0 saturated heterocycles. The van der Waals surface area contributed by atoms with E-state index in [4.69, 9.17) is 0 Å². The minimum Gasteiger partial charge on any atom is -0.324 e. The molecule has 1 unspecified atom stereocenters. The average Bonchev–Trinajstić information content (AvgIpc) is 3.03. The molecular formula is C20H23N3O2S. The van der Waals surface area contributed by atoms with Crippen LogP contribution in [0.25, 0.3) is 10.2 Å². The van der Waals surface area contributed by atoms with Crippen LogP contribution in [0.3, 0.4) is 0 Å². The second-order valence-corrected chi connectivity index (χ2v) is 7.59. The van der Waals surface area contributed by atoms with Crippen molar-refractivity contribution < 1.29 is 4.79 Å². The topological polar surface area (TPSA) is 64.0 Å². The van der Waals surface area contributed by atoms with E-state index in [0.717, 1.165) is 34.5 Å². The molecule has 0 bridgehead atoms. The number of para-hydroxylation sites is 1. The molecule has 1 amide bonds. The van der Waals surface area contributed by atoms with Crippen molar-refractivity contribution in [1.29, 1.82) is 0 Å². The Bertz CT molecular complexity index is 997. The maximum atomic E-state index is 12.8. The molecule has 6 heteroatoms. The molecular weight excluding hydrogens is 346 g/mol. The lowest BCUT2D eigenvalue weighted by atomic mass is 10.0. The number of fused-ring (bicyclic) bond motifs is 1. The first-order chi connectivity index (χ1) is 12.5. The number of anilines is 1. The van der Waals surface area contributed by atoms with E-state index in [9.17, 15) is 9.59 Å². The Balaban J connectivity index is 1.94. The van der Waals surface area contributed by atoms with Gasteiger partial charge >= 0.3 is 0 Å². The normalized spacial score (nSPS) is 12.3. The molecule has 26 heavy (non-hydrogen) atoms. The molecule has 3 aromatic rings. The third-order valence-electron chi connectivity index (χ3n) is 4.64. The average molecular weight is 369 g/mol. The quantitative estimate of drug-likeness (QED) is 0.737. The molecule has 5 nitrogen and oxygen atoms in total. The first kappa shape index (κ1) is 18.3. The van der Waals surface area contributed by atoms with Crippen LogP contribution < -0.4 is 10.9 Å². The van der Waals surface area contributed by atoms with Gasteiger partial charge in [0, 0.05) is 10.6 Å². The van der Waals surface area contributed by atoms with Crippen molar-refractivity contribution in [2.24, 2.45) is 0 Å². The highest BCUT2D eigenvalue weighted by atomic mass is 32.1. The van der Waals surface area contributed by atoms with Crippen LogP contribution in [0.5, 0.6) is 0 Å². The largest absolute Gasteiger partial charge is 0.324 e. The van der Waals surface area contributed by atoms with Crippen molar-refractivity contribution >= 4 is 33.1 Å². The molecule has 0 fully saturated rings. The first-order valence-corrected chi connectivity index (χ1v) is 9.66. The van der Waals surface area contributed by atoms with Crippen molar-refractivity contribution in [3.05, 3.63) is 57.0 Å². The summed E-state index contributed by atoms with van der Waals surface area (Å²) >= 11 is 1.48. The Morgan fingerprint density at radius 3 is 2.54 bits per heavy atom. The van der Waals surface area contributed by atoms with Crippen LogP contribution in [0.15, 0.2) is 35.4 Å². The molecule has 3 rings (SSSR count). The summed E-state index contributed by atoms with van der Waals surface area (Å²) in [6.07, 6.45) is 3.14. The smallest absolute Gasteiger partial charge is 0.262 e. The third-order valence-corrected chi connectivity index (χ3v) is 5.60. The monoisotopic (exact) mass is 369 g/mol. The summed E-state index contributed by atoms with van der Waals surface area (Å²) in [5, 5.41) is 3.60. The minimum absolute atomic E-state index is 0.179. The Kier molecular flexibility index (Phi) is 5.23. The summed E-state index contributed by atoms with van der Waals surface area (Å²) in [7, 11) is 0. The molecule has 0 radical (unpaired) electrons. The highest BCUT2D eigenvalue weighted by Gasteiger charge is 2.20. The van der Waals surface area contributed by atoms with E-state index in [1.165, 1.54) is 22.2 Å². The minimum atomic E-state index is -0.644. The number of hydrogen-bond donors (Lipinski definition) is 1. The zero-order chi connectivity index (χ0) is 18.8. The van der Waals surface area contributed by atoms with Crippen molar-refractivity contribution in [2.45, 2.75) is 46.6 Å². The maximum Gasteiger partial charge on any atom is 0.262 e. The van der Waals surface area contributed by atoms with Gasteiger partial charge in [0.15, 0.2) is 0 Å². The standard InChI is InChI=1S/C20H23N3O2S/c1-5-14-8-7-9-15(6-2)17(14)22-18(24)13(4)23-11-21-19-16(20(23)25)10-12(3)26-19/h7-11,13H,5-6H2,1-4H3,(H,22,24). The Labute approximate surface area is 156 Å². The van der Waals surface area contributed by atoms with Gasteiger partial charge < -0.3 is 5.32 Å². The third kappa shape index (κ3) is 3.29. The number of amides is 1. The Morgan fingerprint density at radius 1 is 1.27 bits per heavy atom. The molecule has 2 heterocycles. The number of nitrogens with zero attached hydrogens (tertiary/aromatic N) is 2. The maximum absolute atomic E-state index is 12.8. The van der Waals surface area contributed by atoms with Gasteiger partial charge in [-0.15, -0.1) is 11.3 Å². The lowest BCUT2D eigenvalue weighted by Gasteiger charge is -2.18. The van der Waals surface area contributed by atoms with Crippen molar-refractivity contribution in [2.75, 3.05) is 5.32 Å². The van der Waals surface area contributed by atoms with E-state index in [-0.39, 0.29) is 11.5 Å². The number of benzene rings is 1. The molecule has 0 aliphatic rings. The summed E-state index contributed by atoms with van der Waals surface area (Å²) in [6.45, 7) is 7.80. The SMILES string of the molecule is CCc1cccc(CC)c1NC(=O)C(C)n1cnc2sc(C)cc2c1=O. The zero-order valence-corrected chi connectivity index (χ0v) is 16.3. The van der Waals surface area contributed by atoms with Crippen molar-refractivity contribution in [3.63, 3.8) is 0 Å². The van der Waals surface area contributed by atoms with Crippen molar-refractivity contribution in [3.8, 4) is 0 Å². The predicted octanol–water partition coefficient (Wildman–Crippen LogP) is 4.09. The van der Waals surface area contributed by atoms with Gasteiger partial charge in [-0.1, -0.05) is 32.0 Å². The van der Waals surface area contributed by atoms with E-state index in [2.05, 4.69) is 24.1 Å². The fourth-order valence-electron chi connectivity index (χ4n) is 3.09.